The molecule has 5 nitrogen and oxygen atoms in total. The van der Waals surface area contributed by atoms with Gasteiger partial charge in [-0.15, -0.1) is 0 Å². The van der Waals surface area contributed by atoms with Crippen molar-refractivity contribution in [3.8, 4) is 5.88 Å². The first-order valence-electron chi connectivity index (χ1n) is 6.42. The first kappa shape index (κ1) is 11.5. The molecule has 18 heavy (non-hydrogen) atoms. The lowest BCUT2D eigenvalue weighted by Gasteiger charge is -2.29. The van der Waals surface area contributed by atoms with Crippen LogP contribution in [-0.4, -0.2) is 33.8 Å². The van der Waals surface area contributed by atoms with Crippen molar-refractivity contribution in [1.29, 1.82) is 0 Å². The van der Waals surface area contributed by atoms with E-state index in [2.05, 4.69) is 22.3 Å². The molecule has 1 aliphatic rings. The lowest BCUT2D eigenvalue weighted by atomic mass is 9.97. The molecule has 1 aliphatic heterocycles. The average Bonchev–Trinajstić information content (AvgIpc) is 2.73. The van der Waals surface area contributed by atoms with Crippen LogP contribution in [0.15, 0.2) is 18.5 Å². The molecule has 5 heteroatoms. The van der Waals surface area contributed by atoms with Gasteiger partial charge in [-0.25, -0.2) is 9.50 Å². The third-order valence-corrected chi connectivity index (χ3v) is 3.50. The smallest absolute Gasteiger partial charge is 0.240 e. The molecule has 0 radical (unpaired) electrons. The number of rotatable bonds is 2. The molecule has 1 N–H and O–H groups in total. The van der Waals surface area contributed by atoms with Crippen LogP contribution in [0, 0.1) is 12.8 Å². The third-order valence-electron chi connectivity index (χ3n) is 3.50. The molecule has 0 bridgehead atoms. The number of aromatic nitrogens is 3. The molecular formula is C13H18N4O. The van der Waals surface area contributed by atoms with Crippen molar-refractivity contribution in [1.82, 2.24) is 19.9 Å². The highest BCUT2D eigenvalue weighted by Crippen LogP contribution is 2.22. The van der Waals surface area contributed by atoms with Crippen LogP contribution in [0.3, 0.4) is 0 Å². The van der Waals surface area contributed by atoms with E-state index in [1.807, 2.05) is 23.7 Å². The maximum Gasteiger partial charge on any atom is 0.240 e. The van der Waals surface area contributed by atoms with Crippen LogP contribution < -0.4 is 10.1 Å². The van der Waals surface area contributed by atoms with Gasteiger partial charge in [-0.05, 0) is 31.9 Å². The summed E-state index contributed by atoms with van der Waals surface area (Å²) in [6, 6.07) is 2.00. The van der Waals surface area contributed by atoms with Crippen LogP contribution in [0.2, 0.25) is 0 Å². The molecule has 0 aromatic carbocycles. The molecule has 2 unspecified atom stereocenters. The summed E-state index contributed by atoms with van der Waals surface area (Å²) in [5.41, 5.74) is 1.91. The largest absolute Gasteiger partial charge is 0.471 e. The second kappa shape index (κ2) is 4.57. The van der Waals surface area contributed by atoms with E-state index in [1.54, 1.807) is 6.20 Å². The summed E-state index contributed by atoms with van der Waals surface area (Å²) in [7, 11) is 0. The van der Waals surface area contributed by atoms with E-state index >= 15 is 0 Å². The van der Waals surface area contributed by atoms with Gasteiger partial charge in [0, 0.05) is 18.9 Å². The lowest BCUT2D eigenvalue weighted by molar-refractivity contribution is 0.111. The van der Waals surface area contributed by atoms with E-state index in [4.69, 9.17) is 4.74 Å². The minimum atomic E-state index is 0.188. The Morgan fingerprint density at radius 3 is 3.22 bits per heavy atom. The summed E-state index contributed by atoms with van der Waals surface area (Å²) in [5, 5.41) is 7.73. The summed E-state index contributed by atoms with van der Waals surface area (Å²) < 4.78 is 7.88. The Morgan fingerprint density at radius 1 is 1.50 bits per heavy atom. The van der Waals surface area contributed by atoms with Crippen molar-refractivity contribution in [2.75, 3.05) is 13.1 Å². The summed E-state index contributed by atoms with van der Waals surface area (Å²) in [4.78, 5) is 4.34. The summed E-state index contributed by atoms with van der Waals surface area (Å²) >= 11 is 0. The third kappa shape index (κ3) is 2.06. The van der Waals surface area contributed by atoms with Crippen LogP contribution in [0.1, 0.15) is 19.0 Å². The Kier molecular flexibility index (Phi) is 2.91. The molecular weight excluding hydrogens is 228 g/mol. The molecule has 0 saturated carbocycles. The topological polar surface area (TPSA) is 51.5 Å². The predicted molar refractivity (Wildman–Crippen MR) is 68.8 cm³/mol. The molecule has 2 atom stereocenters. The van der Waals surface area contributed by atoms with Gasteiger partial charge in [-0.2, -0.15) is 5.10 Å². The first-order valence-corrected chi connectivity index (χ1v) is 6.42. The zero-order valence-corrected chi connectivity index (χ0v) is 10.8. The number of aryl methyl sites for hydroxylation is 1. The first-order chi connectivity index (χ1) is 8.74. The molecule has 1 fully saturated rings. The van der Waals surface area contributed by atoms with Gasteiger partial charge in [-0.3, -0.25) is 0 Å². The molecule has 3 heterocycles. The highest BCUT2D eigenvalue weighted by atomic mass is 16.5. The Balaban J connectivity index is 1.89. The Labute approximate surface area is 106 Å². The maximum atomic E-state index is 6.06. The molecule has 2 aromatic rings. The second-order valence-corrected chi connectivity index (χ2v) is 4.97. The predicted octanol–water partition coefficient (Wildman–Crippen LogP) is 1.41. The minimum absolute atomic E-state index is 0.188. The number of hydrogen-bond acceptors (Lipinski definition) is 4. The molecule has 0 aliphatic carbocycles. The van der Waals surface area contributed by atoms with Crippen molar-refractivity contribution < 1.29 is 4.74 Å². The number of fused-ring (bicyclic) bond motifs is 1. The minimum Gasteiger partial charge on any atom is -0.471 e. The standard InChI is InChI=1S/C13H18N4O/c1-9-3-4-14-8-12(9)18-13-11-7-10(2)16-17(11)6-5-15-13/h5-7,9,12,14H,3-4,8H2,1-2H3. The molecule has 96 valence electrons. The lowest BCUT2D eigenvalue weighted by Crippen LogP contribution is -2.43. The molecule has 1 saturated heterocycles. The quantitative estimate of drug-likeness (QED) is 0.870. The monoisotopic (exact) mass is 246 g/mol. The Hall–Kier alpha value is -1.62. The maximum absolute atomic E-state index is 6.06. The SMILES string of the molecule is Cc1cc2c(OC3CNCCC3C)nccn2n1. The number of nitrogens with zero attached hydrogens (tertiary/aromatic N) is 3. The molecule has 2 aromatic heterocycles. The number of hydrogen-bond donors (Lipinski definition) is 1. The van der Waals surface area contributed by atoms with Gasteiger partial charge >= 0.3 is 0 Å². The van der Waals surface area contributed by atoms with Crippen molar-refractivity contribution in [2.45, 2.75) is 26.4 Å². The van der Waals surface area contributed by atoms with Crippen LogP contribution in [0.4, 0.5) is 0 Å². The van der Waals surface area contributed by atoms with Crippen molar-refractivity contribution in [3.05, 3.63) is 24.2 Å². The van der Waals surface area contributed by atoms with Crippen LogP contribution in [0.5, 0.6) is 5.88 Å². The normalized spacial score (nSPS) is 24.3. The van der Waals surface area contributed by atoms with E-state index in [0.717, 1.165) is 30.7 Å². The van der Waals surface area contributed by atoms with Crippen LogP contribution in [0.25, 0.3) is 5.52 Å². The fraction of sp³-hybridized carbons (Fsp3) is 0.538. The number of piperidine rings is 1. The average molecular weight is 246 g/mol. The van der Waals surface area contributed by atoms with Gasteiger partial charge in [-0.1, -0.05) is 6.92 Å². The van der Waals surface area contributed by atoms with Crippen LogP contribution in [-0.2, 0) is 0 Å². The highest BCUT2D eigenvalue weighted by Gasteiger charge is 2.24. The van der Waals surface area contributed by atoms with E-state index in [0.29, 0.717) is 11.8 Å². The van der Waals surface area contributed by atoms with E-state index < -0.39 is 0 Å². The summed E-state index contributed by atoms with van der Waals surface area (Å²) in [5.74, 6) is 1.23. The van der Waals surface area contributed by atoms with Gasteiger partial charge in [0.2, 0.25) is 5.88 Å². The van der Waals surface area contributed by atoms with Gasteiger partial charge in [0.1, 0.15) is 11.6 Å². The van der Waals surface area contributed by atoms with E-state index in [9.17, 15) is 0 Å². The molecule has 3 rings (SSSR count). The number of ether oxygens (including phenoxy) is 1. The molecule has 0 spiro atoms. The summed E-state index contributed by atoms with van der Waals surface area (Å²) in [6.45, 7) is 6.16. The van der Waals surface area contributed by atoms with Crippen LogP contribution >= 0.6 is 0 Å². The molecule has 0 amide bonds. The van der Waals surface area contributed by atoms with Crippen molar-refractivity contribution >= 4 is 5.52 Å². The highest BCUT2D eigenvalue weighted by molar-refractivity contribution is 5.56. The van der Waals surface area contributed by atoms with Gasteiger partial charge in [0.15, 0.2) is 0 Å². The zero-order valence-electron chi connectivity index (χ0n) is 10.8. The Morgan fingerprint density at radius 2 is 2.39 bits per heavy atom. The number of nitrogens with one attached hydrogen (secondary N) is 1. The van der Waals surface area contributed by atoms with E-state index in [1.165, 1.54) is 0 Å². The Bertz CT molecular complexity index is 551. The fourth-order valence-corrected chi connectivity index (χ4v) is 2.37. The zero-order chi connectivity index (χ0) is 12.5. The second-order valence-electron chi connectivity index (χ2n) is 4.97. The van der Waals surface area contributed by atoms with Crippen molar-refractivity contribution in [2.24, 2.45) is 5.92 Å². The van der Waals surface area contributed by atoms with E-state index in [-0.39, 0.29) is 6.10 Å². The van der Waals surface area contributed by atoms with Crippen molar-refractivity contribution in [3.63, 3.8) is 0 Å². The van der Waals surface area contributed by atoms with Gasteiger partial charge < -0.3 is 10.1 Å². The summed E-state index contributed by atoms with van der Waals surface area (Å²) in [6.07, 6.45) is 4.91. The fourth-order valence-electron chi connectivity index (χ4n) is 2.37. The van der Waals surface area contributed by atoms with Gasteiger partial charge in [0.05, 0.1) is 5.69 Å². The van der Waals surface area contributed by atoms with Gasteiger partial charge in [0.25, 0.3) is 0 Å².